The molecule has 0 aliphatic rings. The molecule has 2 heterocycles. The smallest absolute Gasteiger partial charge is 0.293 e. The van der Waals surface area contributed by atoms with E-state index < -0.39 is 5.82 Å². The van der Waals surface area contributed by atoms with Gasteiger partial charge >= 0.3 is 0 Å². The highest BCUT2D eigenvalue weighted by atomic mass is 35.5. The molecule has 9 heteroatoms. The molecule has 0 saturated heterocycles. The number of halogens is 2. The molecule has 26 heavy (non-hydrogen) atoms. The molecule has 0 aliphatic carbocycles. The van der Waals surface area contributed by atoms with Gasteiger partial charge in [-0.05, 0) is 36.8 Å². The zero-order valence-electron chi connectivity index (χ0n) is 13.3. The summed E-state index contributed by atoms with van der Waals surface area (Å²) in [5, 5.41) is 7.40. The van der Waals surface area contributed by atoms with E-state index in [4.69, 9.17) is 16.0 Å². The molecule has 0 fully saturated rings. The van der Waals surface area contributed by atoms with Gasteiger partial charge in [-0.3, -0.25) is 14.9 Å². The number of hydrogen-bond acceptors (Lipinski definition) is 5. The van der Waals surface area contributed by atoms with Crippen molar-refractivity contribution in [2.75, 3.05) is 10.6 Å². The van der Waals surface area contributed by atoms with E-state index in [1.165, 1.54) is 35.8 Å². The molecule has 0 saturated carbocycles. The number of nitrogens with zero attached hydrogens (tertiary/aromatic N) is 1. The minimum atomic E-state index is -0.545. The number of carbonyl (C=O) groups excluding carboxylic acids is 2. The van der Waals surface area contributed by atoms with Crippen molar-refractivity contribution in [2.24, 2.45) is 0 Å². The maximum absolute atomic E-state index is 13.1. The average molecular weight is 394 g/mol. The number of carbonyl (C=O) groups is 2. The van der Waals surface area contributed by atoms with Crippen LogP contribution >= 0.6 is 22.9 Å². The summed E-state index contributed by atoms with van der Waals surface area (Å²) >= 11 is 6.93. The number of aromatic nitrogens is 1. The second-order valence-corrected chi connectivity index (χ2v) is 6.52. The van der Waals surface area contributed by atoms with Crippen LogP contribution in [0.25, 0.3) is 0 Å². The van der Waals surface area contributed by atoms with Gasteiger partial charge in [-0.1, -0.05) is 11.6 Å². The highest BCUT2D eigenvalue weighted by molar-refractivity contribution is 7.13. The number of furan rings is 1. The van der Waals surface area contributed by atoms with Gasteiger partial charge in [0.2, 0.25) is 5.91 Å². The van der Waals surface area contributed by atoms with Gasteiger partial charge in [-0.25, -0.2) is 9.37 Å². The van der Waals surface area contributed by atoms with E-state index in [1.807, 2.05) is 0 Å². The van der Waals surface area contributed by atoms with Crippen LogP contribution in [-0.4, -0.2) is 16.8 Å². The number of thiazole rings is 1. The average Bonchev–Trinajstić information content (AvgIpc) is 3.28. The van der Waals surface area contributed by atoms with Gasteiger partial charge < -0.3 is 9.73 Å². The molecule has 0 aliphatic heterocycles. The number of rotatable bonds is 6. The SMILES string of the molecule is O=C(CCc1csc(NC(=O)c2ccco2)n1)Nc1ccc(F)c(Cl)c1. The molecule has 0 bridgehead atoms. The van der Waals surface area contributed by atoms with E-state index in [1.54, 1.807) is 17.5 Å². The van der Waals surface area contributed by atoms with Crippen molar-refractivity contribution < 1.29 is 18.4 Å². The maximum Gasteiger partial charge on any atom is 0.293 e. The van der Waals surface area contributed by atoms with Crippen molar-refractivity contribution in [3.63, 3.8) is 0 Å². The first-order chi connectivity index (χ1) is 12.5. The van der Waals surface area contributed by atoms with Gasteiger partial charge in [-0.2, -0.15) is 0 Å². The van der Waals surface area contributed by atoms with Crippen molar-refractivity contribution in [3.05, 3.63) is 64.3 Å². The van der Waals surface area contributed by atoms with Crippen LogP contribution in [0.1, 0.15) is 22.7 Å². The van der Waals surface area contributed by atoms with Crippen molar-refractivity contribution in [1.29, 1.82) is 0 Å². The van der Waals surface area contributed by atoms with Crippen LogP contribution in [0, 0.1) is 5.82 Å². The molecule has 3 rings (SSSR count). The molecule has 0 unspecified atom stereocenters. The molecule has 134 valence electrons. The number of hydrogen-bond donors (Lipinski definition) is 2. The van der Waals surface area contributed by atoms with E-state index in [0.29, 0.717) is 22.9 Å². The van der Waals surface area contributed by atoms with E-state index in [9.17, 15) is 14.0 Å². The first-order valence-corrected chi connectivity index (χ1v) is 8.81. The second kappa shape index (κ2) is 8.11. The Hall–Kier alpha value is -2.71. The number of benzene rings is 1. The maximum atomic E-state index is 13.1. The third kappa shape index (κ3) is 4.68. The summed E-state index contributed by atoms with van der Waals surface area (Å²) in [6.45, 7) is 0. The lowest BCUT2D eigenvalue weighted by Crippen LogP contribution is -2.13. The standard InChI is InChI=1S/C17H13ClFN3O3S/c18-12-8-10(3-5-13(12)19)20-15(23)6-4-11-9-26-17(21-11)22-16(24)14-2-1-7-25-14/h1-3,5,7-9H,4,6H2,(H,20,23)(H,21,22,24). The predicted octanol–water partition coefficient (Wildman–Crippen LogP) is 4.35. The summed E-state index contributed by atoms with van der Waals surface area (Å²) < 4.78 is 18.1. The molecule has 2 amide bonds. The molecule has 0 atom stereocenters. The summed E-state index contributed by atoms with van der Waals surface area (Å²) in [6.07, 6.45) is 1.99. The van der Waals surface area contributed by atoms with Crippen molar-refractivity contribution >= 4 is 45.6 Å². The topological polar surface area (TPSA) is 84.2 Å². The summed E-state index contributed by atoms with van der Waals surface area (Å²) in [4.78, 5) is 28.1. The Morgan fingerprint density at radius 2 is 2.12 bits per heavy atom. The Morgan fingerprint density at radius 1 is 1.27 bits per heavy atom. The van der Waals surface area contributed by atoms with Crippen LogP contribution in [-0.2, 0) is 11.2 Å². The highest BCUT2D eigenvalue weighted by Gasteiger charge is 2.12. The quantitative estimate of drug-likeness (QED) is 0.652. The van der Waals surface area contributed by atoms with Crippen LogP contribution < -0.4 is 10.6 Å². The van der Waals surface area contributed by atoms with Crippen LogP contribution in [0.3, 0.4) is 0 Å². The lowest BCUT2D eigenvalue weighted by Gasteiger charge is -2.05. The fourth-order valence-corrected chi connectivity index (χ4v) is 3.01. The van der Waals surface area contributed by atoms with Crippen LogP contribution in [0.4, 0.5) is 15.2 Å². The van der Waals surface area contributed by atoms with Crippen molar-refractivity contribution in [2.45, 2.75) is 12.8 Å². The normalized spacial score (nSPS) is 10.5. The Bertz CT molecular complexity index is 927. The summed E-state index contributed by atoms with van der Waals surface area (Å²) in [5.74, 6) is -0.987. The molecule has 2 aromatic heterocycles. The van der Waals surface area contributed by atoms with Crippen molar-refractivity contribution in [1.82, 2.24) is 4.98 Å². The van der Waals surface area contributed by atoms with E-state index in [-0.39, 0.29) is 29.0 Å². The summed E-state index contributed by atoms with van der Waals surface area (Å²) in [7, 11) is 0. The van der Waals surface area contributed by atoms with Gasteiger partial charge in [0.05, 0.1) is 17.0 Å². The molecule has 3 aromatic rings. The number of nitrogens with one attached hydrogen (secondary N) is 2. The molecule has 0 spiro atoms. The van der Waals surface area contributed by atoms with E-state index in [0.717, 1.165) is 0 Å². The van der Waals surface area contributed by atoms with Gasteiger partial charge in [0.1, 0.15) is 5.82 Å². The van der Waals surface area contributed by atoms with Crippen LogP contribution in [0.15, 0.2) is 46.4 Å². The highest BCUT2D eigenvalue weighted by Crippen LogP contribution is 2.20. The first-order valence-electron chi connectivity index (χ1n) is 7.55. The van der Waals surface area contributed by atoms with E-state index in [2.05, 4.69) is 15.6 Å². The largest absolute Gasteiger partial charge is 0.459 e. The van der Waals surface area contributed by atoms with Crippen LogP contribution in [0.5, 0.6) is 0 Å². The van der Waals surface area contributed by atoms with Gasteiger partial charge in [0, 0.05) is 17.5 Å². The third-order valence-electron chi connectivity index (χ3n) is 3.33. The van der Waals surface area contributed by atoms with Gasteiger partial charge in [-0.15, -0.1) is 11.3 Å². The van der Waals surface area contributed by atoms with E-state index >= 15 is 0 Å². The molecule has 2 N–H and O–H groups in total. The number of aryl methyl sites for hydroxylation is 1. The fraction of sp³-hybridized carbons (Fsp3) is 0.118. The van der Waals surface area contributed by atoms with Crippen LogP contribution in [0.2, 0.25) is 5.02 Å². The fourth-order valence-electron chi connectivity index (χ4n) is 2.08. The third-order valence-corrected chi connectivity index (χ3v) is 4.42. The molecule has 6 nitrogen and oxygen atoms in total. The van der Waals surface area contributed by atoms with Gasteiger partial charge in [0.25, 0.3) is 5.91 Å². The molecule has 0 radical (unpaired) electrons. The zero-order valence-corrected chi connectivity index (χ0v) is 14.9. The summed E-state index contributed by atoms with van der Waals surface area (Å²) in [5.41, 5.74) is 1.10. The Morgan fingerprint density at radius 3 is 2.85 bits per heavy atom. The molecular weight excluding hydrogens is 381 g/mol. The monoisotopic (exact) mass is 393 g/mol. The number of anilines is 2. The lowest BCUT2D eigenvalue weighted by molar-refractivity contribution is -0.116. The first kappa shape index (κ1) is 18.1. The predicted molar refractivity (Wildman–Crippen MR) is 97.1 cm³/mol. The Labute approximate surface area is 157 Å². The summed E-state index contributed by atoms with van der Waals surface area (Å²) in [6, 6.07) is 7.14. The Balaban J connectivity index is 1.50. The molecular formula is C17H13ClFN3O3S. The number of amides is 2. The molecule has 1 aromatic carbocycles. The minimum Gasteiger partial charge on any atom is -0.459 e. The van der Waals surface area contributed by atoms with Crippen molar-refractivity contribution in [3.8, 4) is 0 Å². The zero-order chi connectivity index (χ0) is 18.5. The Kier molecular flexibility index (Phi) is 5.65. The van der Waals surface area contributed by atoms with Gasteiger partial charge in [0.15, 0.2) is 10.9 Å². The lowest BCUT2D eigenvalue weighted by atomic mass is 10.2. The second-order valence-electron chi connectivity index (χ2n) is 5.25. The minimum absolute atomic E-state index is 0.0563.